The summed E-state index contributed by atoms with van der Waals surface area (Å²) >= 11 is 9.66. The first-order valence-corrected chi connectivity index (χ1v) is 9.41. The molecule has 0 N–H and O–H groups in total. The van der Waals surface area contributed by atoms with Gasteiger partial charge in [-0.1, -0.05) is 27.5 Å². The number of carbonyl (C=O) groups is 1. The topological polar surface area (TPSA) is 20.3 Å². The Morgan fingerprint density at radius 2 is 1.96 bits per heavy atom. The molecule has 1 amide bonds. The first-order chi connectivity index (χ1) is 12.0. The lowest BCUT2D eigenvalue weighted by atomic mass is 9.97. The molecule has 25 heavy (non-hydrogen) atoms. The molecule has 0 atom stereocenters. The fourth-order valence-electron chi connectivity index (χ4n) is 3.37. The third-order valence-electron chi connectivity index (χ3n) is 4.76. The number of carbonyl (C=O) groups excluding carboxylic acids is 1. The number of halogens is 3. The molecule has 2 aliphatic rings. The van der Waals surface area contributed by atoms with Gasteiger partial charge in [0.1, 0.15) is 5.82 Å². The van der Waals surface area contributed by atoms with Crippen LogP contribution in [0, 0.1) is 12.7 Å². The Kier molecular flexibility index (Phi) is 4.20. The van der Waals surface area contributed by atoms with Gasteiger partial charge < -0.3 is 4.90 Å². The highest BCUT2D eigenvalue weighted by Gasteiger charge is 2.33. The quantitative estimate of drug-likeness (QED) is 0.605. The number of amides is 1. The van der Waals surface area contributed by atoms with E-state index in [-0.39, 0.29) is 11.7 Å². The van der Waals surface area contributed by atoms with Crippen LogP contribution in [-0.4, -0.2) is 17.4 Å². The van der Waals surface area contributed by atoms with Crippen LogP contribution in [0.3, 0.4) is 0 Å². The number of nitrogens with zero attached hydrogens (tertiary/aromatic N) is 1. The maximum absolute atomic E-state index is 13.7. The average molecular weight is 421 g/mol. The molecule has 0 radical (unpaired) electrons. The molecule has 1 aliphatic carbocycles. The summed E-state index contributed by atoms with van der Waals surface area (Å²) in [6, 6.07) is 8.63. The molecule has 128 valence electrons. The Morgan fingerprint density at radius 3 is 2.64 bits per heavy atom. The maximum Gasteiger partial charge on any atom is 0.258 e. The number of aryl methyl sites for hydroxylation is 1. The van der Waals surface area contributed by atoms with E-state index in [1.165, 1.54) is 11.6 Å². The van der Waals surface area contributed by atoms with Gasteiger partial charge in [0.15, 0.2) is 0 Å². The number of benzene rings is 2. The predicted octanol–water partition coefficient (Wildman–Crippen LogP) is 5.75. The van der Waals surface area contributed by atoms with Gasteiger partial charge in [-0.3, -0.25) is 4.79 Å². The molecule has 4 rings (SSSR count). The molecule has 1 saturated carbocycles. The zero-order valence-electron chi connectivity index (χ0n) is 13.7. The molecule has 2 nitrogen and oxygen atoms in total. The molecule has 2 aromatic carbocycles. The number of allylic oxidation sites excluding steroid dienone is 1. The van der Waals surface area contributed by atoms with Crippen LogP contribution in [-0.2, 0) is 6.42 Å². The second-order valence-electron chi connectivity index (χ2n) is 6.54. The normalized spacial score (nSPS) is 16.1. The van der Waals surface area contributed by atoms with Crippen molar-refractivity contribution in [3.63, 3.8) is 0 Å². The van der Waals surface area contributed by atoms with E-state index in [9.17, 15) is 9.18 Å². The Labute approximate surface area is 159 Å². The van der Waals surface area contributed by atoms with Gasteiger partial charge in [0.05, 0.1) is 5.70 Å². The van der Waals surface area contributed by atoms with Crippen molar-refractivity contribution in [2.75, 3.05) is 6.54 Å². The summed E-state index contributed by atoms with van der Waals surface area (Å²) in [5.74, 6) is -0.268. The zero-order chi connectivity index (χ0) is 17.7. The minimum Gasteiger partial charge on any atom is -0.307 e. The van der Waals surface area contributed by atoms with Crippen molar-refractivity contribution < 1.29 is 9.18 Å². The lowest BCUT2D eigenvalue weighted by Gasteiger charge is -2.31. The first-order valence-electron chi connectivity index (χ1n) is 8.24. The van der Waals surface area contributed by atoms with Gasteiger partial charge >= 0.3 is 0 Å². The highest BCUT2D eigenvalue weighted by Crippen LogP contribution is 2.41. The molecular weight excluding hydrogens is 405 g/mol. The lowest BCUT2D eigenvalue weighted by molar-refractivity contribution is 0.0822. The molecule has 0 bridgehead atoms. The predicted molar refractivity (Wildman–Crippen MR) is 101 cm³/mol. The van der Waals surface area contributed by atoms with Crippen LogP contribution >= 0.6 is 27.5 Å². The Hall–Kier alpha value is -1.65. The van der Waals surface area contributed by atoms with Crippen LogP contribution in [0.5, 0.6) is 0 Å². The summed E-state index contributed by atoms with van der Waals surface area (Å²) in [6.45, 7) is 2.36. The smallest absolute Gasteiger partial charge is 0.258 e. The highest BCUT2D eigenvalue weighted by atomic mass is 79.9. The van der Waals surface area contributed by atoms with Crippen molar-refractivity contribution in [3.8, 4) is 0 Å². The van der Waals surface area contributed by atoms with E-state index in [1.807, 2.05) is 17.0 Å². The largest absolute Gasteiger partial charge is 0.307 e. The number of fused-ring (bicyclic) bond motifs is 1. The van der Waals surface area contributed by atoms with Gasteiger partial charge in [0, 0.05) is 21.6 Å². The van der Waals surface area contributed by atoms with Gasteiger partial charge in [0.2, 0.25) is 0 Å². The second kappa shape index (κ2) is 6.26. The third kappa shape index (κ3) is 3.02. The van der Waals surface area contributed by atoms with Crippen molar-refractivity contribution in [1.82, 2.24) is 4.90 Å². The molecule has 5 heteroatoms. The van der Waals surface area contributed by atoms with Gasteiger partial charge in [-0.25, -0.2) is 4.39 Å². The van der Waals surface area contributed by atoms with Gasteiger partial charge in [0.25, 0.3) is 5.91 Å². The summed E-state index contributed by atoms with van der Waals surface area (Å²) in [5.41, 5.74) is 5.33. The molecule has 0 aromatic heterocycles. The fourth-order valence-corrected chi connectivity index (χ4v) is 4.38. The zero-order valence-corrected chi connectivity index (χ0v) is 16.0. The number of hydrogen-bond donors (Lipinski definition) is 0. The van der Waals surface area contributed by atoms with Crippen LogP contribution in [0.1, 0.15) is 39.9 Å². The lowest BCUT2D eigenvalue weighted by Crippen LogP contribution is -2.36. The van der Waals surface area contributed by atoms with Gasteiger partial charge in [-0.2, -0.15) is 0 Å². The first kappa shape index (κ1) is 16.8. The maximum atomic E-state index is 13.7. The van der Waals surface area contributed by atoms with Gasteiger partial charge in [-0.15, -0.1) is 0 Å². The number of hydrogen-bond acceptors (Lipinski definition) is 1. The highest BCUT2D eigenvalue weighted by molar-refractivity contribution is 9.10. The molecule has 1 aliphatic heterocycles. The molecule has 1 heterocycles. The van der Waals surface area contributed by atoms with E-state index in [4.69, 9.17) is 11.6 Å². The van der Waals surface area contributed by atoms with E-state index in [0.717, 1.165) is 40.6 Å². The molecule has 0 spiro atoms. The average Bonchev–Trinajstić information content (AvgIpc) is 3.38. The van der Waals surface area contributed by atoms with Crippen LogP contribution in [0.15, 0.2) is 40.4 Å². The van der Waals surface area contributed by atoms with E-state index in [2.05, 4.69) is 15.9 Å². The summed E-state index contributed by atoms with van der Waals surface area (Å²) in [4.78, 5) is 15.0. The minimum absolute atomic E-state index is 0.0409. The Balaban J connectivity index is 1.79. The molecule has 1 fully saturated rings. The van der Waals surface area contributed by atoms with Crippen molar-refractivity contribution in [1.29, 1.82) is 0 Å². The van der Waals surface area contributed by atoms with Crippen LogP contribution in [0.4, 0.5) is 4.39 Å². The fraction of sp³-hybridized carbons (Fsp3) is 0.250. The molecule has 0 unspecified atom stereocenters. The van der Waals surface area contributed by atoms with Crippen molar-refractivity contribution in [2.45, 2.75) is 26.2 Å². The van der Waals surface area contributed by atoms with E-state index in [0.29, 0.717) is 22.7 Å². The monoisotopic (exact) mass is 419 g/mol. The summed E-state index contributed by atoms with van der Waals surface area (Å²) in [7, 11) is 0. The second-order valence-corrected chi connectivity index (χ2v) is 7.83. The summed E-state index contributed by atoms with van der Waals surface area (Å²) in [6.07, 6.45) is 2.74. The summed E-state index contributed by atoms with van der Waals surface area (Å²) in [5, 5.41) is 0.541. The third-order valence-corrected chi connectivity index (χ3v) is 5.68. The summed E-state index contributed by atoms with van der Waals surface area (Å²) < 4.78 is 14.5. The van der Waals surface area contributed by atoms with Crippen molar-refractivity contribution in [2.24, 2.45) is 0 Å². The van der Waals surface area contributed by atoms with Crippen LogP contribution in [0.2, 0.25) is 5.02 Å². The van der Waals surface area contributed by atoms with Crippen molar-refractivity contribution >= 4 is 39.1 Å². The molecule has 2 aromatic rings. The van der Waals surface area contributed by atoms with E-state index in [1.54, 1.807) is 19.1 Å². The van der Waals surface area contributed by atoms with Crippen LogP contribution < -0.4 is 0 Å². The Bertz CT molecular complexity index is 932. The van der Waals surface area contributed by atoms with Gasteiger partial charge in [-0.05, 0) is 78.8 Å². The standard InChI is InChI=1S/C20H16BrClFNO/c1-11-8-13(4-5-18(11)23)19(12-2-3-12)24-7-6-15-16(20(24)25)9-14(22)10-17(15)21/h4-5,8-10H,2-3,6-7H2,1H3. The Morgan fingerprint density at radius 1 is 1.20 bits per heavy atom. The minimum atomic E-state index is -0.227. The SMILES string of the molecule is Cc1cc(C(=C2CC2)N2CCc3c(Br)cc(Cl)cc3C2=O)ccc1F. The molecular formula is C20H16BrClFNO. The van der Waals surface area contributed by atoms with Crippen LogP contribution in [0.25, 0.3) is 5.70 Å². The molecule has 0 saturated heterocycles. The van der Waals surface area contributed by atoms with Crippen molar-refractivity contribution in [3.05, 3.63) is 73.5 Å². The number of rotatable bonds is 2. The van der Waals surface area contributed by atoms with E-state index < -0.39 is 0 Å². The van der Waals surface area contributed by atoms with E-state index >= 15 is 0 Å².